The van der Waals surface area contributed by atoms with Crippen molar-refractivity contribution in [3.8, 4) is 5.75 Å². The third-order valence-corrected chi connectivity index (χ3v) is 9.27. The lowest BCUT2D eigenvalue weighted by molar-refractivity contribution is -0.0592. The number of rotatable bonds is 7. The predicted octanol–water partition coefficient (Wildman–Crippen LogP) is 7.23. The lowest BCUT2D eigenvalue weighted by Crippen LogP contribution is -2.35. The third-order valence-electron chi connectivity index (χ3n) is 9.03. The maximum absolute atomic E-state index is 14.8. The number of nitrogens with zero attached hydrogens (tertiary/aromatic N) is 3. The van der Waals surface area contributed by atoms with Crippen LogP contribution in [0.15, 0.2) is 60.7 Å². The number of carboxylic acid groups (broad SMARTS) is 1. The first-order valence-corrected chi connectivity index (χ1v) is 15.2. The van der Waals surface area contributed by atoms with Gasteiger partial charge in [0.25, 0.3) is 0 Å². The molecule has 0 bridgehead atoms. The van der Waals surface area contributed by atoms with Crippen LogP contribution in [0.1, 0.15) is 71.1 Å². The van der Waals surface area contributed by atoms with Crippen molar-refractivity contribution in [3.63, 3.8) is 0 Å². The fourth-order valence-corrected chi connectivity index (χ4v) is 6.70. The second-order valence-corrected chi connectivity index (χ2v) is 12.2. The Morgan fingerprint density at radius 2 is 1.91 bits per heavy atom. The van der Waals surface area contributed by atoms with Gasteiger partial charge in [0.05, 0.1) is 35.8 Å². The standard InChI is InChI=1S/C34H33ClFN3O4/c1-20-15-31(27-7-6-23(35)17-28(27)36)43-33-25(20)3-2-4-26(33)21-9-12-38(13-10-21)19-32-37-29-8-5-22(34(40)41)16-30(29)39(32)18-24-11-14-42-24/h2-8,15-17,21,24,31H,9-14,18-19H2,1H3,(H,40,41)/t24-,31+/m0/s1. The Bertz CT molecular complexity index is 1740. The molecule has 0 radical (unpaired) electrons. The summed E-state index contributed by atoms with van der Waals surface area (Å²) in [5.74, 6) is 0.774. The van der Waals surface area contributed by atoms with Gasteiger partial charge in [0, 0.05) is 22.8 Å². The molecule has 222 valence electrons. The van der Waals surface area contributed by atoms with E-state index in [1.54, 1.807) is 30.3 Å². The highest BCUT2D eigenvalue weighted by Gasteiger charge is 2.30. The van der Waals surface area contributed by atoms with E-state index in [4.69, 9.17) is 26.1 Å². The zero-order valence-corrected chi connectivity index (χ0v) is 24.7. The molecule has 0 unspecified atom stereocenters. The summed E-state index contributed by atoms with van der Waals surface area (Å²) in [6, 6.07) is 16.2. The van der Waals surface area contributed by atoms with Gasteiger partial charge in [-0.05, 0) is 92.7 Å². The van der Waals surface area contributed by atoms with Crippen molar-refractivity contribution < 1.29 is 23.8 Å². The number of hydrogen-bond donors (Lipinski definition) is 1. The van der Waals surface area contributed by atoms with Gasteiger partial charge in [0.2, 0.25) is 0 Å². The maximum Gasteiger partial charge on any atom is 0.335 e. The summed E-state index contributed by atoms with van der Waals surface area (Å²) in [4.78, 5) is 19.0. The van der Waals surface area contributed by atoms with E-state index in [9.17, 15) is 14.3 Å². The number of piperidine rings is 1. The Labute approximate surface area is 254 Å². The van der Waals surface area contributed by atoms with Crippen molar-refractivity contribution in [2.24, 2.45) is 0 Å². The number of fused-ring (bicyclic) bond motifs is 2. The van der Waals surface area contributed by atoms with E-state index in [1.165, 1.54) is 11.6 Å². The average molecular weight is 602 g/mol. The minimum atomic E-state index is -0.944. The van der Waals surface area contributed by atoms with Crippen molar-refractivity contribution in [2.45, 2.75) is 57.4 Å². The lowest BCUT2D eigenvalue weighted by atomic mass is 9.85. The van der Waals surface area contributed by atoms with Crippen LogP contribution in [0.2, 0.25) is 5.02 Å². The van der Waals surface area contributed by atoms with E-state index in [-0.39, 0.29) is 17.5 Å². The summed E-state index contributed by atoms with van der Waals surface area (Å²) < 4.78 is 29.2. The van der Waals surface area contributed by atoms with Crippen molar-refractivity contribution >= 4 is 34.2 Å². The molecule has 0 amide bonds. The number of carboxylic acids is 1. The molecule has 4 aromatic rings. The van der Waals surface area contributed by atoms with Crippen LogP contribution in [-0.2, 0) is 17.8 Å². The molecule has 3 aromatic carbocycles. The molecule has 7 nitrogen and oxygen atoms in total. The molecule has 1 aromatic heterocycles. The summed E-state index contributed by atoms with van der Waals surface area (Å²) >= 11 is 6.00. The number of imidazole rings is 1. The quantitative estimate of drug-likeness (QED) is 0.241. The number of aromatic carboxylic acids is 1. The Balaban J connectivity index is 1.10. The Hall–Kier alpha value is -3.72. The van der Waals surface area contributed by atoms with Crippen LogP contribution in [-0.4, -0.2) is 51.3 Å². The second-order valence-electron chi connectivity index (χ2n) is 11.8. The number of halogens is 2. The molecular formula is C34H33ClFN3O4. The van der Waals surface area contributed by atoms with Gasteiger partial charge in [-0.2, -0.15) is 0 Å². The van der Waals surface area contributed by atoms with Gasteiger partial charge in [-0.15, -0.1) is 0 Å². The van der Waals surface area contributed by atoms with Gasteiger partial charge >= 0.3 is 5.97 Å². The molecule has 43 heavy (non-hydrogen) atoms. The minimum Gasteiger partial charge on any atom is -0.481 e. The molecule has 2 fully saturated rings. The molecule has 4 heterocycles. The Morgan fingerprint density at radius 1 is 1.09 bits per heavy atom. The monoisotopic (exact) mass is 601 g/mol. The highest BCUT2D eigenvalue weighted by atomic mass is 35.5. The molecule has 9 heteroatoms. The summed E-state index contributed by atoms with van der Waals surface area (Å²) in [6.07, 6.45) is 4.49. The molecule has 0 spiro atoms. The van der Waals surface area contributed by atoms with E-state index < -0.39 is 12.1 Å². The first kappa shape index (κ1) is 28.1. The van der Waals surface area contributed by atoms with Crippen LogP contribution in [0.3, 0.4) is 0 Å². The van der Waals surface area contributed by atoms with E-state index in [0.29, 0.717) is 29.6 Å². The van der Waals surface area contributed by atoms with Crippen molar-refractivity contribution in [3.05, 3.63) is 99.6 Å². The van der Waals surface area contributed by atoms with Crippen LogP contribution in [0, 0.1) is 5.82 Å². The highest BCUT2D eigenvalue weighted by Crippen LogP contribution is 2.44. The van der Waals surface area contributed by atoms with Crippen molar-refractivity contribution in [2.75, 3.05) is 19.7 Å². The first-order valence-electron chi connectivity index (χ1n) is 14.8. The van der Waals surface area contributed by atoms with E-state index >= 15 is 0 Å². The molecule has 0 saturated carbocycles. The molecule has 1 N–H and O–H groups in total. The second kappa shape index (κ2) is 11.4. The number of para-hydroxylation sites is 1. The normalized spacial score (nSPS) is 20.8. The Kier molecular flexibility index (Phi) is 7.45. The SMILES string of the molecule is CC1=C[C@H](c2ccc(Cl)cc2F)Oc2c1cccc2C1CCN(Cc2nc3ccc(C(=O)O)cc3n2C[C@@H]2CCO2)CC1. The third kappa shape index (κ3) is 5.44. The molecule has 0 aliphatic carbocycles. The summed E-state index contributed by atoms with van der Waals surface area (Å²) in [7, 11) is 0. The number of aromatic nitrogens is 2. The van der Waals surface area contributed by atoms with Crippen molar-refractivity contribution in [1.29, 1.82) is 0 Å². The van der Waals surface area contributed by atoms with Gasteiger partial charge in [0.15, 0.2) is 0 Å². The zero-order chi connectivity index (χ0) is 29.7. The van der Waals surface area contributed by atoms with Crippen LogP contribution < -0.4 is 4.74 Å². The summed E-state index contributed by atoms with van der Waals surface area (Å²) in [6.45, 7) is 5.94. The van der Waals surface area contributed by atoms with Gasteiger partial charge in [-0.3, -0.25) is 4.90 Å². The number of carbonyl (C=O) groups is 1. The molecule has 2 saturated heterocycles. The molecule has 2 atom stereocenters. The zero-order valence-electron chi connectivity index (χ0n) is 23.9. The fraction of sp³-hybridized carbons (Fsp3) is 0.353. The van der Waals surface area contributed by atoms with Gasteiger partial charge < -0.3 is 19.1 Å². The number of ether oxygens (including phenoxy) is 2. The average Bonchev–Trinajstić information content (AvgIpc) is 3.31. The minimum absolute atomic E-state index is 0.127. The molecular weight excluding hydrogens is 569 g/mol. The highest BCUT2D eigenvalue weighted by molar-refractivity contribution is 6.30. The van der Waals surface area contributed by atoms with Crippen LogP contribution in [0.25, 0.3) is 16.6 Å². The number of allylic oxidation sites excluding steroid dienone is 1. The van der Waals surface area contributed by atoms with E-state index in [2.05, 4.69) is 34.6 Å². The summed E-state index contributed by atoms with van der Waals surface area (Å²) in [5, 5.41) is 9.91. The maximum atomic E-state index is 14.8. The Morgan fingerprint density at radius 3 is 2.63 bits per heavy atom. The van der Waals surface area contributed by atoms with Gasteiger partial charge in [-0.1, -0.05) is 35.9 Å². The van der Waals surface area contributed by atoms with Gasteiger partial charge in [0.1, 0.15) is 23.5 Å². The number of benzene rings is 3. The molecule has 3 aliphatic heterocycles. The summed E-state index contributed by atoms with van der Waals surface area (Å²) in [5.41, 5.74) is 5.67. The fourth-order valence-electron chi connectivity index (χ4n) is 6.55. The van der Waals surface area contributed by atoms with Crippen molar-refractivity contribution in [1.82, 2.24) is 14.5 Å². The predicted molar refractivity (Wildman–Crippen MR) is 163 cm³/mol. The number of hydrogen-bond acceptors (Lipinski definition) is 5. The van der Waals surface area contributed by atoms with Gasteiger partial charge in [-0.25, -0.2) is 14.2 Å². The van der Waals surface area contributed by atoms with Crippen LogP contribution in [0.4, 0.5) is 4.39 Å². The van der Waals surface area contributed by atoms with Crippen LogP contribution >= 0.6 is 11.6 Å². The van der Waals surface area contributed by atoms with Crippen LogP contribution in [0.5, 0.6) is 5.75 Å². The smallest absolute Gasteiger partial charge is 0.335 e. The topological polar surface area (TPSA) is 76.8 Å². The number of likely N-dealkylation sites (tertiary alicyclic amines) is 1. The largest absolute Gasteiger partial charge is 0.481 e. The molecule has 3 aliphatic rings. The van der Waals surface area contributed by atoms with E-state index in [0.717, 1.165) is 72.7 Å². The first-order chi connectivity index (χ1) is 20.8. The van der Waals surface area contributed by atoms with E-state index in [1.807, 2.05) is 6.08 Å². The lowest BCUT2D eigenvalue weighted by Gasteiger charge is -2.35. The molecule has 7 rings (SSSR count).